The minimum Gasteiger partial charge on any atom is -0.507 e. The summed E-state index contributed by atoms with van der Waals surface area (Å²) in [6.45, 7) is 1.05. The van der Waals surface area contributed by atoms with Crippen LogP contribution in [0.25, 0.3) is 0 Å². The highest BCUT2D eigenvalue weighted by atomic mass is 35.5. The fraction of sp³-hybridized carbons (Fsp3) is 0.188. The third kappa shape index (κ3) is 2.54. The molecule has 0 radical (unpaired) electrons. The molecule has 1 aliphatic heterocycles. The fourth-order valence-corrected chi connectivity index (χ4v) is 2.80. The quantitative estimate of drug-likeness (QED) is 0.796. The van der Waals surface area contributed by atoms with Crippen LogP contribution in [0.5, 0.6) is 5.75 Å². The van der Waals surface area contributed by atoms with Gasteiger partial charge in [0, 0.05) is 23.8 Å². The minimum absolute atomic E-state index is 0.0590. The van der Waals surface area contributed by atoms with Crippen LogP contribution in [-0.2, 0) is 13.0 Å². The number of anilines is 1. The number of rotatable bonds is 1. The summed E-state index contributed by atoms with van der Waals surface area (Å²) in [6.07, 6.45) is 0.757. The molecule has 0 unspecified atom stereocenters. The second kappa shape index (κ2) is 5.30. The number of nitrogens with two attached hydrogens (primary N) is 1. The summed E-state index contributed by atoms with van der Waals surface area (Å²) in [5.41, 5.74) is 9.07. The van der Waals surface area contributed by atoms with Crippen molar-refractivity contribution in [1.29, 1.82) is 0 Å². The van der Waals surface area contributed by atoms with Gasteiger partial charge in [0.2, 0.25) is 0 Å². The van der Waals surface area contributed by atoms with Crippen LogP contribution in [0.1, 0.15) is 21.5 Å². The van der Waals surface area contributed by atoms with Crippen molar-refractivity contribution in [2.75, 3.05) is 12.3 Å². The Balaban J connectivity index is 1.91. The molecular weight excluding hydrogens is 288 g/mol. The van der Waals surface area contributed by atoms with Crippen LogP contribution in [-0.4, -0.2) is 22.5 Å². The maximum atomic E-state index is 12.6. The highest BCUT2D eigenvalue weighted by Gasteiger charge is 2.24. The zero-order valence-corrected chi connectivity index (χ0v) is 12.1. The van der Waals surface area contributed by atoms with Crippen molar-refractivity contribution in [1.82, 2.24) is 4.90 Å². The molecule has 0 atom stereocenters. The Kier molecular flexibility index (Phi) is 3.47. The number of phenols is 1. The van der Waals surface area contributed by atoms with Gasteiger partial charge in [-0.25, -0.2) is 0 Å². The van der Waals surface area contributed by atoms with Crippen LogP contribution in [0.2, 0.25) is 5.02 Å². The molecule has 3 rings (SSSR count). The number of nitrogen functional groups attached to an aromatic ring is 1. The number of nitrogens with zero attached hydrogens (tertiary/aromatic N) is 1. The van der Waals surface area contributed by atoms with Crippen molar-refractivity contribution in [2.45, 2.75) is 13.0 Å². The molecule has 3 N–H and O–H groups in total. The van der Waals surface area contributed by atoms with Gasteiger partial charge in [0.1, 0.15) is 5.75 Å². The van der Waals surface area contributed by atoms with Crippen LogP contribution < -0.4 is 5.73 Å². The van der Waals surface area contributed by atoms with Crippen LogP contribution >= 0.6 is 11.6 Å². The minimum atomic E-state index is -0.232. The van der Waals surface area contributed by atoms with E-state index in [0.717, 1.165) is 12.0 Å². The Morgan fingerprint density at radius 1 is 1.29 bits per heavy atom. The van der Waals surface area contributed by atoms with E-state index in [-0.39, 0.29) is 17.2 Å². The van der Waals surface area contributed by atoms with Crippen molar-refractivity contribution in [3.05, 3.63) is 58.1 Å². The Hall–Kier alpha value is -2.20. The van der Waals surface area contributed by atoms with Crippen molar-refractivity contribution < 1.29 is 9.90 Å². The van der Waals surface area contributed by atoms with Gasteiger partial charge >= 0.3 is 0 Å². The lowest BCUT2D eigenvalue weighted by Crippen LogP contribution is -2.36. The zero-order chi connectivity index (χ0) is 15.0. The van der Waals surface area contributed by atoms with E-state index in [4.69, 9.17) is 17.3 Å². The Morgan fingerprint density at radius 2 is 2.10 bits per heavy atom. The average Bonchev–Trinajstić information content (AvgIpc) is 2.49. The number of carbonyl (C=O) groups excluding carboxylic acids is 1. The smallest absolute Gasteiger partial charge is 0.257 e. The predicted octanol–water partition coefficient (Wildman–Crippen LogP) is 2.83. The first kappa shape index (κ1) is 13.8. The van der Waals surface area contributed by atoms with E-state index >= 15 is 0 Å². The first-order valence-electron chi connectivity index (χ1n) is 6.70. The monoisotopic (exact) mass is 302 g/mol. The summed E-state index contributed by atoms with van der Waals surface area (Å²) < 4.78 is 0. The molecule has 0 aromatic heterocycles. The number of hydrogen-bond acceptors (Lipinski definition) is 3. The lowest BCUT2D eigenvalue weighted by atomic mass is 9.97. The van der Waals surface area contributed by atoms with Gasteiger partial charge in [-0.15, -0.1) is 0 Å². The lowest BCUT2D eigenvalue weighted by Gasteiger charge is -2.30. The molecule has 1 aliphatic rings. The summed E-state index contributed by atoms with van der Waals surface area (Å²) in [7, 11) is 0. The van der Waals surface area contributed by atoms with Crippen molar-refractivity contribution in [3.8, 4) is 5.75 Å². The van der Waals surface area contributed by atoms with Gasteiger partial charge in [-0.1, -0.05) is 23.7 Å². The molecule has 2 aromatic carbocycles. The molecule has 4 nitrogen and oxygen atoms in total. The molecule has 21 heavy (non-hydrogen) atoms. The van der Waals surface area contributed by atoms with Crippen molar-refractivity contribution in [3.63, 3.8) is 0 Å². The second-order valence-electron chi connectivity index (χ2n) is 5.12. The molecule has 1 heterocycles. The molecular formula is C16H15ClN2O2. The Bertz CT molecular complexity index is 715. The largest absolute Gasteiger partial charge is 0.507 e. The van der Waals surface area contributed by atoms with Gasteiger partial charge in [0.25, 0.3) is 5.91 Å². The lowest BCUT2D eigenvalue weighted by molar-refractivity contribution is 0.0732. The van der Waals surface area contributed by atoms with Crippen molar-refractivity contribution in [2.24, 2.45) is 0 Å². The molecule has 0 spiro atoms. The van der Waals surface area contributed by atoms with Gasteiger partial charge in [0.15, 0.2) is 0 Å². The van der Waals surface area contributed by atoms with Crippen molar-refractivity contribution >= 4 is 23.2 Å². The second-order valence-corrected chi connectivity index (χ2v) is 5.56. The van der Waals surface area contributed by atoms with E-state index in [0.29, 0.717) is 23.8 Å². The number of hydrogen-bond donors (Lipinski definition) is 2. The molecule has 0 bridgehead atoms. The van der Waals surface area contributed by atoms with E-state index in [1.807, 2.05) is 18.2 Å². The first-order chi connectivity index (χ1) is 10.1. The summed E-state index contributed by atoms with van der Waals surface area (Å²) in [6, 6.07) is 10.3. The Labute approximate surface area is 127 Å². The molecule has 2 aromatic rings. The van der Waals surface area contributed by atoms with Gasteiger partial charge in [-0.2, -0.15) is 0 Å². The number of benzene rings is 2. The van der Waals surface area contributed by atoms with Gasteiger partial charge in [-0.3, -0.25) is 4.79 Å². The number of amides is 1. The maximum absolute atomic E-state index is 12.6. The SMILES string of the molecule is Nc1cccc2c1CN(C(=O)c1cc(Cl)ccc1O)CC2. The number of carbonyl (C=O) groups is 1. The summed E-state index contributed by atoms with van der Waals surface area (Å²) >= 11 is 5.90. The molecule has 0 aliphatic carbocycles. The topological polar surface area (TPSA) is 66.6 Å². The Morgan fingerprint density at radius 3 is 2.90 bits per heavy atom. The number of halogens is 1. The van der Waals surface area contributed by atoms with E-state index in [9.17, 15) is 9.90 Å². The van der Waals surface area contributed by atoms with Crippen LogP contribution in [0.15, 0.2) is 36.4 Å². The summed E-state index contributed by atoms with van der Waals surface area (Å²) in [4.78, 5) is 14.2. The van der Waals surface area contributed by atoms with Crippen LogP contribution in [0, 0.1) is 0 Å². The van der Waals surface area contributed by atoms with Crippen LogP contribution in [0.4, 0.5) is 5.69 Å². The standard InChI is InChI=1S/C16H15ClN2O2/c17-11-4-5-15(20)12(8-11)16(21)19-7-6-10-2-1-3-14(18)13(10)9-19/h1-5,8,20H,6-7,9,18H2. The molecule has 0 fully saturated rings. The summed E-state index contributed by atoms with van der Waals surface area (Å²) in [5, 5.41) is 10.3. The zero-order valence-electron chi connectivity index (χ0n) is 11.3. The van der Waals surface area contributed by atoms with Crippen LogP contribution in [0.3, 0.4) is 0 Å². The van der Waals surface area contributed by atoms with E-state index in [1.165, 1.54) is 17.7 Å². The predicted molar refractivity (Wildman–Crippen MR) is 82.4 cm³/mol. The number of aromatic hydroxyl groups is 1. The highest BCUT2D eigenvalue weighted by Crippen LogP contribution is 2.28. The van der Waals surface area contributed by atoms with E-state index < -0.39 is 0 Å². The molecule has 108 valence electrons. The molecule has 5 heteroatoms. The third-order valence-electron chi connectivity index (χ3n) is 3.79. The first-order valence-corrected chi connectivity index (χ1v) is 7.08. The molecule has 1 amide bonds. The van der Waals surface area contributed by atoms with Gasteiger partial charge < -0.3 is 15.7 Å². The summed E-state index contributed by atoms with van der Waals surface area (Å²) in [5.74, 6) is -0.292. The number of phenolic OH excluding ortho intramolecular Hbond substituents is 1. The van der Waals surface area contributed by atoms with E-state index in [2.05, 4.69) is 0 Å². The number of fused-ring (bicyclic) bond motifs is 1. The third-order valence-corrected chi connectivity index (χ3v) is 4.02. The molecule has 0 saturated heterocycles. The van der Waals surface area contributed by atoms with Gasteiger partial charge in [0.05, 0.1) is 5.56 Å². The van der Waals surface area contributed by atoms with Gasteiger partial charge in [-0.05, 0) is 41.8 Å². The molecule has 0 saturated carbocycles. The maximum Gasteiger partial charge on any atom is 0.257 e. The fourth-order valence-electron chi connectivity index (χ4n) is 2.63. The van der Waals surface area contributed by atoms with E-state index in [1.54, 1.807) is 11.0 Å². The highest BCUT2D eigenvalue weighted by molar-refractivity contribution is 6.31. The normalized spacial score (nSPS) is 13.9. The average molecular weight is 303 g/mol.